The molecule has 2 unspecified atom stereocenters. The van der Waals surface area contributed by atoms with Gasteiger partial charge >= 0.3 is 0 Å². The summed E-state index contributed by atoms with van der Waals surface area (Å²) in [4.78, 5) is 0. The molecular formula is C15H31N. The van der Waals surface area contributed by atoms with Crippen LogP contribution in [0.15, 0.2) is 0 Å². The van der Waals surface area contributed by atoms with E-state index in [-0.39, 0.29) is 0 Å². The Kier molecular flexibility index (Phi) is 6.41. The van der Waals surface area contributed by atoms with Gasteiger partial charge in [-0.3, -0.25) is 0 Å². The summed E-state index contributed by atoms with van der Waals surface area (Å²) in [5.41, 5.74) is 6.49. The molecule has 96 valence electrons. The molecule has 0 aromatic heterocycles. The standard InChI is InChI=1S/C15H31N/c1-4-6-7-13(5-2)15(16)14-10-8-12(3)9-11-14/h12-15H,4-11,16H2,1-3H3. The van der Waals surface area contributed by atoms with Gasteiger partial charge in [0.2, 0.25) is 0 Å². The molecule has 1 aliphatic carbocycles. The molecule has 2 N–H and O–H groups in total. The van der Waals surface area contributed by atoms with Crippen molar-refractivity contribution in [2.24, 2.45) is 23.5 Å². The number of hydrogen-bond donors (Lipinski definition) is 1. The van der Waals surface area contributed by atoms with Crippen LogP contribution in [0, 0.1) is 17.8 Å². The van der Waals surface area contributed by atoms with Crippen LogP contribution in [0.2, 0.25) is 0 Å². The predicted molar refractivity (Wildman–Crippen MR) is 72.4 cm³/mol. The Morgan fingerprint density at radius 2 is 1.75 bits per heavy atom. The van der Waals surface area contributed by atoms with Crippen molar-refractivity contribution in [3.63, 3.8) is 0 Å². The first kappa shape index (κ1) is 14.0. The van der Waals surface area contributed by atoms with Crippen LogP contribution >= 0.6 is 0 Å². The summed E-state index contributed by atoms with van der Waals surface area (Å²) in [6, 6.07) is 0.476. The summed E-state index contributed by atoms with van der Waals surface area (Å²) in [5, 5.41) is 0. The molecule has 0 amide bonds. The highest BCUT2D eigenvalue weighted by Gasteiger charge is 2.27. The fourth-order valence-corrected chi connectivity index (χ4v) is 3.19. The zero-order valence-electron chi connectivity index (χ0n) is 11.5. The molecule has 16 heavy (non-hydrogen) atoms. The molecule has 1 heteroatoms. The lowest BCUT2D eigenvalue weighted by atomic mass is 9.74. The molecule has 0 bridgehead atoms. The van der Waals surface area contributed by atoms with Gasteiger partial charge in [0.15, 0.2) is 0 Å². The van der Waals surface area contributed by atoms with Crippen LogP contribution in [-0.4, -0.2) is 6.04 Å². The van der Waals surface area contributed by atoms with Crippen molar-refractivity contribution in [2.75, 3.05) is 0 Å². The monoisotopic (exact) mass is 225 g/mol. The van der Waals surface area contributed by atoms with E-state index in [9.17, 15) is 0 Å². The summed E-state index contributed by atoms with van der Waals surface area (Å²) in [5.74, 6) is 2.54. The van der Waals surface area contributed by atoms with Gasteiger partial charge in [0.25, 0.3) is 0 Å². The number of hydrogen-bond acceptors (Lipinski definition) is 1. The Morgan fingerprint density at radius 1 is 1.12 bits per heavy atom. The Hall–Kier alpha value is -0.0400. The third-order valence-electron chi connectivity index (χ3n) is 4.60. The normalized spacial score (nSPS) is 30.0. The van der Waals surface area contributed by atoms with Crippen LogP contribution in [0.4, 0.5) is 0 Å². The minimum atomic E-state index is 0.476. The highest BCUT2D eigenvalue weighted by Crippen LogP contribution is 2.33. The van der Waals surface area contributed by atoms with E-state index < -0.39 is 0 Å². The third-order valence-corrected chi connectivity index (χ3v) is 4.60. The van der Waals surface area contributed by atoms with Gasteiger partial charge in [-0.25, -0.2) is 0 Å². The Morgan fingerprint density at radius 3 is 2.25 bits per heavy atom. The zero-order chi connectivity index (χ0) is 12.0. The quantitative estimate of drug-likeness (QED) is 0.714. The first-order chi connectivity index (χ1) is 7.69. The molecule has 1 nitrogen and oxygen atoms in total. The van der Waals surface area contributed by atoms with Gasteiger partial charge in [0, 0.05) is 6.04 Å². The van der Waals surface area contributed by atoms with Crippen LogP contribution < -0.4 is 5.73 Å². The van der Waals surface area contributed by atoms with Crippen LogP contribution in [0.3, 0.4) is 0 Å². The summed E-state index contributed by atoms with van der Waals surface area (Å²) in [6.07, 6.45) is 10.9. The van der Waals surface area contributed by atoms with Crippen molar-refractivity contribution in [3.8, 4) is 0 Å². The smallest absolute Gasteiger partial charge is 0.00955 e. The molecule has 2 atom stereocenters. The predicted octanol–water partition coefficient (Wildman–Crippen LogP) is 4.36. The van der Waals surface area contributed by atoms with Gasteiger partial charge in [-0.2, -0.15) is 0 Å². The summed E-state index contributed by atoms with van der Waals surface area (Å²) >= 11 is 0. The maximum atomic E-state index is 6.49. The Balaban J connectivity index is 2.37. The minimum absolute atomic E-state index is 0.476. The van der Waals surface area contributed by atoms with Crippen molar-refractivity contribution >= 4 is 0 Å². The molecule has 1 fully saturated rings. The first-order valence-electron chi connectivity index (χ1n) is 7.44. The SMILES string of the molecule is CCCCC(CC)C(N)C1CCC(C)CC1. The molecule has 0 heterocycles. The lowest BCUT2D eigenvalue weighted by Gasteiger charge is -2.35. The molecule has 0 saturated heterocycles. The van der Waals surface area contributed by atoms with Crippen molar-refractivity contribution < 1.29 is 0 Å². The van der Waals surface area contributed by atoms with E-state index in [1.807, 2.05) is 0 Å². The summed E-state index contributed by atoms with van der Waals surface area (Å²) in [6.45, 7) is 6.97. The molecule has 1 aliphatic rings. The van der Waals surface area contributed by atoms with E-state index in [1.54, 1.807) is 0 Å². The van der Waals surface area contributed by atoms with E-state index >= 15 is 0 Å². The third kappa shape index (κ3) is 4.08. The van der Waals surface area contributed by atoms with Gasteiger partial charge in [-0.15, -0.1) is 0 Å². The topological polar surface area (TPSA) is 26.0 Å². The number of nitrogens with two attached hydrogens (primary N) is 1. The fourth-order valence-electron chi connectivity index (χ4n) is 3.19. The lowest BCUT2D eigenvalue weighted by molar-refractivity contribution is 0.201. The molecular weight excluding hydrogens is 194 g/mol. The van der Waals surface area contributed by atoms with E-state index in [4.69, 9.17) is 5.73 Å². The summed E-state index contributed by atoms with van der Waals surface area (Å²) in [7, 11) is 0. The molecule has 1 rings (SSSR count). The van der Waals surface area contributed by atoms with E-state index in [0.717, 1.165) is 17.8 Å². The molecule has 1 saturated carbocycles. The fraction of sp³-hybridized carbons (Fsp3) is 1.00. The molecule has 0 aliphatic heterocycles. The zero-order valence-corrected chi connectivity index (χ0v) is 11.5. The molecule has 0 aromatic rings. The van der Waals surface area contributed by atoms with Gasteiger partial charge in [-0.1, -0.05) is 52.9 Å². The van der Waals surface area contributed by atoms with Crippen LogP contribution in [0.1, 0.15) is 72.1 Å². The van der Waals surface area contributed by atoms with Crippen LogP contribution in [-0.2, 0) is 0 Å². The highest BCUT2D eigenvalue weighted by molar-refractivity contribution is 4.83. The van der Waals surface area contributed by atoms with Crippen molar-refractivity contribution in [1.82, 2.24) is 0 Å². The number of unbranched alkanes of at least 4 members (excludes halogenated alkanes) is 1. The van der Waals surface area contributed by atoms with Gasteiger partial charge in [0.1, 0.15) is 0 Å². The average Bonchev–Trinajstić information content (AvgIpc) is 2.30. The highest BCUT2D eigenvalue weighted by atomic mass is 14.7. The first-order valence-corrected chi connectivity index (χ1v) is 7.44. The van der Waals surface area contributed by atoms with Crippen LogP contribution in [0.5, 0.6) is 0 Å². The lowest BCUT2D eigenvalue weighted by Crippen LogP contribution is -2.39. The van der Waals surface area contributed by atoms with Gasteiger partial charge < -0.3 is 5.73 Å². The van der Waals surface area contributed by atoms with E-state index in [2.05, 4.69) is 20.8 Å². The maximum absolute atomic E-state index is 6.49. The summed E-state index contributed by atoms with van der Waals surface area (Å²) < 4.78 is 0. The Bertz CT molecular complexity index is 166. The second-order valence-electron chi connectivity index (χ2n) is 5.91. The van der Waals surface area contributed by atoms with Gasteiger partial charge in [-0.05, 0) is 37.0 Å². The van der Waals surface area contributed by atoms with Crippen LogP contribution in [0.25, 0.3) is 0 Å². The van der Waals surface area contributed by atoms with Crippen molar-refractivity contribution in [1.29, 1.82) is 0 Å². The van der Waals surface area contributed by atoms with Crippen molar-refractivity contribution in [2.45, 2.75) is 78.2 Å². The number of rotatable bonds is 6. The second kappa shape index (κ2) is 7.32. The molecule has 0 spiro atoms. The molecule has 0 radical (unpaired) electrons. The average molecular weight is 225 g/mol. The largest absolute Gasteiger partial charge is 0.327 e. The Labute approximate surface area is 102 Å². The minimum Gasteiger partial charge on any atom is -0.327 e. The maximum Gasteiger partial charge on any atom is 0.00955 e. The molecule has 0 aromatic carbocycles. The van der Waals surface area contributed by atoms with E-state index in [1.165, 1.54) is 51.4 Å². The second-order valence-corrected chi connectivity index (χ2v) is 5.91. The van der Waals surface area contributed by atoms with Crippen molar-refractivity contribution in [3.05, 3.63) is 0 Å². The van der Waals surface area contributed by atoms with Gasteiger partial charge in [0.05, 0.1) is 0 Å². The van der Waals surface area contributed by atoms with E-state index in [0.29, 0.717) is 6.04 Å².